The molecule has 2 rings (SSSR count). The van der Waals surface area contributed by atoms with Gasteiger partial charge in [-0.05, 0) is 19.1 Å². The molecule has 18 heavy (non-hydrogen) atoms. The van der Waals surface area contributed by atoms with Crippen LogP contribution in [0.25, 0.3) is 0 Å². The van der Waals surface area contributed by atoms with Gasteiger partial charge in [0.1, 0.15) is 0 Å². The number of morpholine rings is 1. The highest BCUT2D eigenvalue weighted by Crippen LogP contribution is 2.33. The lowest BCUT2D eigenvalue weighted by Gasteiger charge is -2.43. The van der Waals surface area contributed by atoms with Crippen molar-refractivity contribution in [2.45, 2.75) is 24.9 Å². The number of hydrogen-bond donors (Lipinski definition) is 2. The summed E-state index contributed by atoms with van der Waals surface area (Å²) in [5, 5.41) is 3.00. The Hall–Kier alpha value is -0.300. The fraction of sp³-hybridized carbons (Fsp3) is 0.917. The molecule has 2 saturated heterocycles. The lowest BCUT2D eigenvalue weighted by Crippen LogP contribution is -2.60. The van der Waals surface area contributed by atoms with Crippen LogP contribution < -0.4 is 11.1 Å². The fourth-order valence-electron chi connectivity index (χ4n) is 2.55. The minimum atomic E-state index is -0.430. The molecule has 0 aromatic heterocycles. The van der Waals surface area contributed by atoms with E-state index in [0.29, 0.717) is 6.54 Å². The number of ether oxygens (including phenoxy) is 1. The summed E-state index contributed by atoms with van der Waals surface area (Å²) in [7, 11) is 0. The molecular formula is C12H23N3O2S. The number of thioether (sulfide) groups is 1. The maximum absolute atomic E-state index is 11.6. The van der Waals surface area contributed by atoms with E-state index in [2.05, 4.69) is 10.2 Å². The highest BCUT2D eigenvalue weighted by atomic mass is 32.2. The molecule has 0 radical (unpaired) electrons. The van der Waals surface area contributed by atoms with Gasteiger partial charge in [-0.3, -0.25) is 9.69 Å². The van der Waals surface area contributed by atoms with Gasteiger partial charge in [0.2, 0.25) is 5.91 Å². The van der Waals surface area contributed by atoms with Crippen molar-refractivity contribution in [2.75, 3.05) is 44.4 Å². The van der Waals surface area contributed by atoms with E-state index in [-0.39, 0.29) is 11.4 Å². The van der Waals surface area contributed by atoms with Crippen molar-refractivity contribution < 1.29 is 9.53 Å². The van der Waals surface area contributed by atoms with Crippen molar-refractivity contribution in [1.29, 1.82) is 0 Å². The number of carbonyl (C=O) groups excluding carboxylic acids is 1. The summed E-state index contributed by atoms with van der Waals surface area (Å²) < 4.78 is 5.41. The first-order valence-corrected chi connectivity index (χ1v) is 7.73. The van der Waals surface area contributed by atoms with Crippen LogP contribution in [0.15, 0.2) is 0 Å². The van der Waals surface area contributed by atoms with Crippen LogP contribution in [0, 0.1) is 0 Å². The zero-order valence-corrected chi connectivity index (χ0v) is 11.8. The highest BCUT2D eigenvalue weighted by molar-refractivity contribution is 7.99. The van der Waals surface area contributed by atoms with Crippen LogP contribution in [-0.4, -0.2) is 66.7 Å². The molecule has 2 unspecified atom stereocenters. The maximum atomic E-state index is 11.6. The predicted octanol–water partition coefficient (Wildman–Crippen LogP) is -0.342. The molecule has 5 nitrogen and oxygen atoms in total. The van der Waals surface area contributed by atoms with E-state index in [0.717, 1.165) is 38.5 Å². The second-order valence-electron chi connectivity index (χ2n) is 5.13. The summed E-state index contributed by atoms with van der Waals surface area (Å²) in [6.45, 7) is 5.96. The molecule has 6 heteroatoms. The molecule has 0 aromatic rings. The van der Waals surface area contributed by atoms with Crippen molar-refractivity contribution in [1.82, 2.24) is 10.2 Å². The Morgan fingerprint density at radius 2 is 2.28 bits per heavy atom. The Morgan fingerprint density at radius 1 is 1.56 bits per heavy atom. The van der Waals surface area contributed by atoms with Gasteiger partial charge in [-0.1, -0.05) is 0 Å². The van der Waals surface area contributed by atoms with Crippen LogP contribution in [0.3, 0.4) is 0 Å². The third kappa shape index (κ3) is 3.17. The zero-order chi connectivity index (χ0) is 13.0. The third-order valence-electron chi connectivity index (χ3n) is 3.77. The SMILES string of the molecule is CC(N)C(=O)NCC1(N2CCOCC2)CCSC1. The zero-order valence-electron chi connectivity index (χ0n) is 11.0. The fourth-order valence-corrected chi connectivity index (χ4v) is 4.02. The normalized spacial score (nSPS) is 31.2. The van der Waals surface area contributed by atoms with E-state index in [4.69, 9.17) is 10.5 Å². The molecule has 2 atom stereocenters. The number of amides is 1. The summed E-state index contributed by atoms with van der Waals surface area (Å²) in [6.07, 6.45) is 1.14. The molecule has 0 saturated carbocycles. The van der Waals surface area contributed by atoms with Gasteiger partial charge in [-0.15, -0.1) is 0 Å². The topological polar surface area (TPSA) is 67.6 Å². The van der Waals surface area contributed by atoms with E-state index in [1.807, 2.05) is 11.8 Å². The third-order valence-corrected chi connectivity index (χ3v) is 5.00. The summed E-state index contributed by atoms with van der Waals surface area (Å²) >= 11 is 1.97. The molecule has 1 amide bonds. The van der Waals surface area contributed by atoms with Crippen molar-refractivity contribution >= 4 is 17.7 Å². The average molecular weight is 273 g/mol. The van der Waals surface area contributed by atoms with E-state index < -0.39 is 6.04 Å². The molecule has 2 aliphatic rings. The second-order valence-corrected chi connectivity index (χ2v) is 6.24. The van der Waals surface area contributed by atoms with E-state index >= 15 is 0 Å². The van der Waals surface area contributed by atoms with Crippen LogP contribution in [0.5, 0.6) is 0 Å². The number of hydrogen-bond acceptors (Lipinski definition) is 5. The predicted molar refractivity (Wildman–Crippen MR) is 73.7 cm³/mol. The molecule has 2 fully saturated rings. The van der Waals surface area contributed by atoms with Gasteiger partial charge in [0.25, 0.3) is 0 Å². The smallest absolute Gasteiger partial charge is 0.236 e. The largest absolute Gasteiger partial charge is 0.379 e. The van der Waals surface area contributed by atoms with Gasteiger partial charge in [0, 0.05) is 30.9 Å². The van der Waals surface area contributed by atoms with Crippen molar-refractivity contribution in [3.63, 3.8) is 0 Å². The Bertz CT molecular complexity index is 287. The molecule has 104 valence electrons. The number of nitrogens with one attached hydrogen (secondary N) is 1. The van der Waals surface area contributed by atoms with Gasteiger partial charge in [0.05, 0.1) is 19.3 Å². The van der Waals surface area contributed by atoms with Gasteiger partial charge < -0.3 is 15.8 Å². The molecule has 3 N–H and O–H groups in total. The van der Waals surface area contributed by atoms with Crippen LogP contribution in [0.1, 0.15) is 13.3 Å². The van der Waals surface area contributed by atoms with Crippen LogP contribution in [0.2, 0.25) is 0 Å². The minimum absolute atomic E-state index is 0.0560. The highest BCUT2D eigenvalue weighted by Gasteiger charge is 2.40. The molecule has 0 aliphatic carbocycles. The Balaban J connectivity index is 1.95. The quantitative estimate of drug-likeness (QED) is 0.733. The number of nitrogens with zero attached hydrogens (tertiary/aromatic N) is 1. The first-order chi connectivity index (χ1) is 8.64. The summed E-state index contributed by atoms with van der Waals surface area (Å²) in [5.74, 6) is 2.21. The monoisotopic (exact) mass is 273 g/mol. The first kappa shape index (κ1) is 14.1. The van der Waals surface area contributed by atoms with Crippen molar-refractivity contribution in [3.8, 4) is 0 Å². The van der Waals surface area contributed by atoms with Gasteiger partial charge >= 0.3 is 0 Å². The lowest BCUT2D eigenvalue weighted by molar-refractivity contribution is -0.122. The number of rotatable bonds is 4. The lowest BCUT2D eigenvalue weighted by atomic mass is 9.95. The Labute approximate surface area is 113 Å². The number of nitrogens with two attached hydrogens (primary N) is 1. The first-order valence-electron chi connectivity index (χ1n) is 6.58. The molecule has 0 aromatic carbocycles. The van der Waals surface area contributed by atoms with E-state index in [9.17, 15) is 4.79 Å². The Morgan fingerprint density at radius 3 is 2.83 bits per heavy atom. The standard InChI is InChI=1S/C12H23N3O2S/c1-10(13)11(16)14-8-12(2-7-18-9-12)15-3-5-17-6-4-15/h10H,2-9,13H2,1H3,(H,14,16). The summed E-state index contributed by atoms with van der Waals surface area (Å²) in [6, 6.07) is -0.430. The second kappa shape index (κ2) is 6.23. The molecule has 2 heterocycles. The summed E-state index contributed by atoms with van der Waals surface area (Å²) in [4.78, 5) is 14.1. The van der Waals surface area contributed by atoms with Gasteiger partial charge in [-0.2, -0.15) is 11.8 Å². The molecule has 2 aliphatic heterocycles. The van der Waals surface area contributed by atoms with E-state index in [1.165, 1.54) is 5.75 Å². The molecule has 0 spiro atoms. The van der Waals surface area contributed by atoms with Crippen LogP contribution in [-0.2, 0) is 9.53 Å². The summed E-state index contributed by atoms with van der Waals surface area (Å²) in [5.41, 5.74) is 5.70. The van der Waals surface area contributed by atoms with Crippen molar-refractivity contribution in [2.24, 2.45) is 5.73 Å². The minimum Gasteiger partial charge on any atom is -0.379 e. The Kier molecular flexibility index (Phi) is 4.89. The van der Waals surface area contributed by atoms with Gasteiger partial charge in [-0.25, -0.2) is 0 Å². The van der Waals surface area contributed by atoms with E-state index in [1.54, 1.807) is 6.92 Å². The molecular weight excluding hydrogens is 250 g/mol. The van der Waals surface area contributed by atoms with Gasteiger partial charge in [0.15, 0.2) is 0 Å². The van der Waals surface area contributed by atoms with Crippen LogP contribution >= 0.6 is 11.8 Å². The molecule has 0 bridgehead atoms. The van der Waals surface area contributed by atoms with Crippen molar-refractivity contribution in [3.05, 3.63) is 0 Å². The maximum Gasteiger partial charge on any atom is 0.236 e. The number of carbonyl (C=O) groups is 1. The van der Waals surface area contributed by atoms with Crippen LogP contribution in [0.4, 0.5) is 0 Å². The average Bonchev–Trinajstić information content (AvgIpc) is 2.87.